The minimum atomic E-state index is -2.62. The Bertz CT molecular complexity index is 961. The summed E-state index contributed by atoms with van der Waals surface area (Å²) in [6.07, 6.45) is 5.16. The Balaban J connectivity index is 2.17. The van der Waals surface area contributed by atoms with E-state index in [1.807, 2.05) is 26.1 Å². The fourth-order valence-corrected chi connectivity index (χ4v) is 4.12. The topological polar surface area (TPSA) is 3.88 Å². The SMILES string of the molecule is [2H]C([2H])([2H])C(c1ccc(-c2ccc(C(C)(C)C)c[n+]2C)c(C)c1)(C1CCCC1)C([2H])([2H])[2H]. The summed E-state index contributed by atoms with van der Waals surface area (Å²) >= 11 is 0. The molecule has 0 atom stereocenters. The molecule has 0 saturated heterocycles. The van der Waals surface area contributed by atoms with Crippen molar-refractivity contribution in [3.63, 3.8) is 0 Å². The van der Waals surface area contributed by atoms with E-state index in [9.17, 15) is 0 Å². The molecule has 1 heteroatoms. The molecule has 2 aromatic rings. The van der Waals surface area contributed by atoms with Crippen molar-refractivity contribution in [2.45, 2.75) is 77.9 Å². The van der Waals surface area contributed by atoms with Crippen LogP contribution in [0.2, 0.25) is 0 Å². The lowest BCUT2D eigenvalue weighted by molar-refractivity contribution is -0.661. The van der Waals surface area contributed by atoms with Crippen LogP contribution in [0.25, 0.3) is 11.3 Å². The van der Waals surface area contributed by atoms with E-state index in [1.54, 1.807) is 6.07 Å². The van der Waals surface area contributed by atoms with Gasteiger partial charge in [-0.3, -0.25) is 0 Å². The quantitative estimate of drug-likeness (QED) is 0.572. The maximum absolute atomic E-state index is 8.37. The van der Waals surface area contributed by atoms with Crippen LogP contribution < -0.4 is 4.57 Å². The number of hydrogen-bond acceptors (Lipinski definition) is 0. The van der Waals surface area contributed by atoms with Crippen LogP contribution in [-0.2, 0) is 17.9 Å². The Labute approximate surface area is 168 Å². The van der Waals surface area contributed by atoms with E-state index < -0.39 is 19.1 Å². The van der Waals surface area contributed by atoms with Crippen molar-refractivity contribution in [3.05, 3.63) is 53.2 Å². The number of pyridine rings is 1. The number of nitrogens with zero attached hydrogens (tertiary/aromatic N) is 1. The zero-order valence-corrected chi connectivity index (χ0v) is 16.8. The molecule has 0 unspecified atom stereocenters. The molecule has 0 N–H and O–H groups in total. The molecule has 1 aromatic heterocycles. The van der Waals surface area contributed by atoms with E-state index in [2.05, 4.69) is 43.7 Å². The average molecular weight is 357 g/mol. The van der Waals surface area contributed by atoms with E-state index in [-0.39, 0.29) is 11.3 Å². The van der Waals surface area contributed by atoms with Crippen LogP contribution in [0.5, 0.6) is 0 Å². The molecule has 0 aliphatic heterocycles. The van der Waals surface area contributed by atoms with Gasteiger partial charge in [0.1, 0.15) is 7.05 Å². The second kappa shape index (κ2) is 6.83. The van der Waals surface area contributed by atoms with E-state index >= 15 is 0 Å². The standard InChI is InChI=1S/C25H36N/c1-18-16-20(25(5,6)19-10-8-9-11-19)12-14-22(18)23-15-13-21(17-26(23)7)24(2,3)4/h12-17,19H,8-11H2,1-7H3/q+1/i5D3,6D3. The molecule has 0 radical (unpaired) electrons. The highest BCUT2D eigenvalue weighted by molar-refractivity contribution is 5.62. The van der Waals surface area contributed by atoms with Gasteiger partial charge in [-0.05, 0) is 59.8 Å². The molecule has 1 fully saturated rings. The highest BCUT2D eigenvalue weighted by Crippen LogP contribution is 2.42. The molecule has 1 saturated carbocycles. The van der Waals surface area contributed by atoms with Crippen molar-refractivity contribution in [1.82, 2.24) is 0 Å². The maximum atomic E-state index is 8.37. The van der Waals surface area contributed by atoms with Gasteiger partial charge in [-0.25, -0.2) is 4.57 Å². The second-order valence-electron chi connectivity index (χ2n) is 8.98. The summed E-state index contributed by atoms with van der Waals surface area (Å²) in [5.41, 5.74) is 2.71. The molecule has 0 amide bonds. The largest absolute Gasteiger partial charge is 0.212 e. The molecule has 3 rings (SSSR count). The van der Waals surface area contributed by atoms with Crippen LogP contribution in [0.15, 0.2) is 36.5 Å². The Hall–Kier alpha value is -1.63. The summed E-state index contributed by atoms with van der Waals surface area (Å²) in [7, 11) is 2.01. The van der Waals surface area contributed by atoms with Crippen LogP contribution in [0.4, 0.5) is 0 Å². The van der Waals surface area contributed by atoms with Crippen molar-refractivity contribution < 1.29 is 12.8 Å². The molecule has 0 spiro atoms. The van der Waals surface area contributed by atoms with Crippen LogP contribution >= 0.6 is 0 Å². The van der Waals surface area contributed by atoms with Gasteiger partial charge >= 0.3 is 0 Å². The lowest BCUT2D eigenvalue weighted by Crippen LogP contribution is -2.33. The van der Waals surface area contributed by atoms with E-state index in [0.717, 1.165) is 29.7 Å². The third-order valence-corrected chi connectivity index (χ3v) is 5.92. The summed E-state index contributed by atoms with van der Waals surface area (Å²) in [6.45, 7) is 3.21. The lowest BCUT2D eigenvalue weighted by atomic mass is 9.72. The Morgan fingerprint density at radius 2 is 1.65 bits per heavy atom. The summed E-state index contributed by atoms with van der Waals surface area (Å²) in [5, 5.41) is 0. The third-order valence-electron chi connectivity index (χ3n) is 5.92. The molecule has 26 heavy (non-hydrogen) atoms. The highest BCUT2D eigenvalue weighted by atomic mass is 14.9. The van der Waals surface area contributed by atoms with E-state index in [0.29, 0.717) is 18.4 Å². The van der Waals surface area contributed by atoms with Gasteiger partial charge in [0.2, 0.25) is 5.69 Å². The number of aromatic nitrogens is 1. The fraction of sp³-hybridized carbons (Fsp3) is 0.560. The smallest absolute Gasteiger partial charge is 0.201 e. The normalized spacial score (nSPS) is 20.7. The molecule has 1 nitrogen and oxygen atoms in total. The first kappa shape index (κ1) is 12.7. The van der Waals surface area contributed by atoms with Crippen LogP contribution in [0, 0.1) is 12.8 Å². The lowest BCUT2D eigenvalue weighted by Gasteiger charge is -2.32. The first-order chi connectivity index (χ1) is 14.6. The molecular weight excluding hydrogens is 314 g/mol. The molecule has 140 valence electrons. The van der Waals surface area contributed by atoms with Gasteiger partial charge in [-0.2, -0.15) is 0 Å². The van der Waals surface area contributed by atoms with Gasteiger partial charge in [0.25, 0.3) is 0 Å². The van der Waals surface area contributed by atoms with Crippen molar-refractivity contribution in [1.29, 1.82) is 0 Å². The zero-order chi connectivity index (χ0) is 24.1. The fourth-order valence-electron chi connectivity index (χ4n) is 4.12. The number of hydrogen-bond donors (Lipinski definition) is 0. The molecule has 1 aliphatic rings. The Morgan fingerprint density at radius 1 is 1.00 bits per heavy atom. The number of benzene rings is 1. The van der Waals surface area contributed by atoms with E-state index in [1.165, 1.54) is 5.56 Å². The maximum Gasteiger partial charge on any atom is 0.212 e. The summed E-state index contributed by atoms with van der Waals surface area (Å²) in [4.78, 5) is 0. The first-order valence-electron chi connectivity index (χ1n) is 12.7. The first-order valence-corrected chi connectivity index (χ1v) is 9.72. The van der Waals surface area contributed by atoms with Crippen LogP contribution in [0.3, 0.4) is 0 Å². The van der Waals surface area contributed by atoms with Gasteiger partial charge < -0.3 is 0 Å². The molecule has 1 aliphatic carbocycles. The minimum Gasteiger partial charge on any atom is -0.201 e. The molecule has 0 bridgehead atoms. The van der Waals surface area contributed by atoms with E-state index in [4.69, 9.17) is 8.22 Å². The van der Waals surface area contributed by atoms with Crippen LogP contribution in [-0.4, -0.2) is 0 Å². The molecule has 1 aromatic carbocycles. The monoisotopic (exact) mass is 356 g/mol. The van der Waals surface area contributed by atoms with Gasteiger partial charge in [-0.15, -0.1) is 0 Å². The van der Waals surface area contributed by atoms with Crippen molar-refractivity contribution in [2.75, 3.05) is 0 Å². The minimum absolute atomic E-state index is 0.0372. The van der Waals surface area contributed by atoms with Crippen molar-refractivity contribution in [2.24, 2.45) is 13.0 Å². The van der Waals surface area contributed by atoms with Gasteiger partial charge in [0, 0.05) is 25.4 Å². The summed E-state index contributed by atoms with van der Waals surface area (Å²) < 4.78 is 52.3. The number of aryl methyl sites for hydroxylation is 2. The van der Waals surface area contributed by atoms with Crippen molar-refractivity contribution >= 4 is 0 Å². The zero-order valence-electron chi connectivity index (χ0n) is 22.8. The number of rotatable bonds is 3. The average Bonchev–Trinajstić information content (AvgIpc) is 3.14. The van der Waals surface area contributed by atoms with Crippen LogP contribution in [0.1, 0.15) is 85.1 Å². The molecular formula is C25H36N+. The van der Waals surface area contributed by atoms with Gasteiger partial charge in [0.05, 0.1) is 0 Å². The predicted molar refractivity (Wildman–Crippen MR) is 111 cm³/mol. The van der Waals surface area contributed by atoms with Gasteiger partial charge in [0.15, 0.2) is 6.20 Å². The third kappa shape index (κ3) is 3.59. The Kier molecular flexibility index (Phi) is 3.34. The molecule has 1 heterocycles. The highest BCUT2D eigenvalue weighted by Gasteiger charge is 2.33. The Morgan fingerprint density at radius 3 is 2.19 bits per heavy atom. The van der Waals surface area contributed by atoms with Gasteiger partial charge in [-0.1, -0.05) is 59.4 Å². The second-order valence-corrected chi connectivity index (χ2v) is 8.98. The predicted octanol–water partition coefficient (Wildman–Crippen LogP) is 6.25. The van der Waals surface area contributed by atoms with Crippen molar-refractivity contribution in [3.8, 4) is 11.3 Å². The summed E-state index contributed by atoms with van der Waals surface area (Å²) in [6, 6.07) is 9.66. The summed E-state index contributed by atoms with van der Waals surface area (Å²) in [5.74, 6) is -0.380.